The van der Waals surface area contributed by atoms with E-state index in [1.807, 2.05) is 19.1 Å². The van der Waals surface area contributed by atoms with E-state index in [4.69, 9.17) is 9.47 Å². The van der Waals surface area contributed by atoms with E-state index >= 15 is 0 Å². The molecule has 150 valence electrons. The summed E-state index contributed by atoms with van der Waals surface area (Å²) in [4.78, 5) is 12.7. The number of benzene rings is 2. The Hall–Kier alpha value is -2.42. The zero-order valence-electron chi connectivity index (χ0n) is 15.9. The van der Waals surface area contributed by atoms with Crippen molar-refractivity contribution in [2.45, 2.75) is 30.8 Å². The molecule has 1 heterocycles. The van der Waals surface area contributed by atoms with Gasteiger partial charge in [-0.15, -0.1) is 0 Å². The summed E-state index contributed by atoms with van der Waals surface area (Å²) in [6.07, 6.45) is 1.67. The Kier molecular flexibility index (Phi) is 6.33. The molecule has 1 atom stereocenters. The van der Waals surface area contributed by atoms with Gasteiger partial charge in [0.1, 0.15) is 5.75 Å². The number of carbonyl (C=O) groups is 1. The number of rotatable bonds is 7. The average Bonchev–Trinajstić information content (AvgIpc) is 3.20. The Morgan fingerprint density at radius 3 is 2.71 bits per heavy atom. The second-order valence-corrected chi connectivity index (χ2v) is 8.39. The fourth-order valence-electron chi connectivity index (χ4n) is 3.06. The minimum absolute atomic E-state index is 0.0476. The number of hydrogen-bond donors (Lipinski definition) is 2. The van der Waals surface area contributed by atoms with Gasteiger partial charge >= 0.3 is 0 Å². The highest BCUT2D eigenvalue weighted by atomic mass is 32.2. The van der Waals surface area contributed by atoms with Crippen molar-refractivity contribution in [3.8, 4) is 5.75 Å². The summed E-state index contributed by atoms with van der Waals surface area (Å²) in [5.74, 6) is 0.0401. The molecule has 0 aliphatic carbocycles. The molecule has 7 nitrogen and oxygen atoms in total. The number of amides is 1. The third kappa shape index (κ3) is 4.70. The topological polar surface area (TPSA) is 93.7 Å². The van der Waals surface area contributed by atoms with Gasteiger partial charge in [0.15, 0.2) is 0 Å². The number of anilines is 1. The molecular weight excluding hydrogens is 380 g/mol. The number of hydrogen-bond acceptors (Lipinski definition) is 5. The highest BCUT2D eigenvalue weighted by molar-refractivity contribution is 7.89. The first-order valence-corrected chi connectivity index (χ1v) is 10.6. The van der Waals surface area contributed by atoms with E-state index in [0.717, 1.165) is 18.4 Å². The van der Waals surface area contributed by atoms with E-state index in [-0.39, 0.29) is 29.1 Å². The lowest BCUT2D eigenvalue weighted by atomic mass is 10.1. The molecule has 28 heavy (non-hydrogen) atoms. The van der Waals surface area contributed by atoms with Crippen LogP contribution in [0.4, 0.5) is 5.69 Å². The second kappa shape index (κ2) is 8.72. The van der Waals surface area contributed by atoms with Crippen LogP contribution in [0.25, 0.3) is 0 Å². The van der Waals surface area contributed by atoms with Crippen molar-refractivity contribution in [1.29, 1.82) is 0 Å². The number of nitrogens with one attached hydrogen (secondary N) is 2. The van der Waals surface area contributed by atoms with Crippen LogP contribution in [-0.4, -0.2) is 40.7 Å². The predicted octanol–water partition coefficient (Wildman–Crippen LogP) is 2.71. The van der Waals surface area contributed by atoms with E-state index in [0.29, 0.717) is 17.9 Å². The van der Waals surface area contributed by atoms with Gasteiger partial charge < -0.3 is 14.8 Å². The molecule has 2 aromatic rings. The molecule has 0 aromatic heterocycles. The normalized spacial score (nSPS) is 16.7. The van der Waals surface area contributed by atoms with E-state index in [1.165, 1.54) is 25.3 Å². The Morgan fingerprint density at radius 2 is 2.04 bits per heavy atom. The van der Waals surface area contributed by atoms with Crippen LogP contribution in [-0.2, 0) is 14.8 Å². The molecular formula is C20H24N2O5S. The maximum atomic E-state index is 12.6. The van der Waals surface area contributed by atoms with Gasteiger partial charge in [-0.3, -0.25) is 4.79 Å². The largest absolute Gasteiger partial charge is 0.495 e. The summed E-state index contributed by atoms with van der Waals surface area (Å²) >= 11 is 0. The van der Waals surface area contributed by atoms with Crippen molar-refractivity contribution in [3.05, 3.63) is 53.6 Å². The maximum absolute atomic E-state index is 12.6. The Morgan fingerprint density at radius 1 is 1.25 bits per heavy atom. The number of ether oxygens (including phenoxy) is 2. The lowest BCUT2D eigenvalue weighted by molar-refractivity contribution is 0.102. The minimum Gasteiger partial charge on any atom is -0.495 e. The maximum Gasteiger partial charge on any atom is 0.256 e. The summed E-state index contributed by atoms with van der Waals surface area (Å²) in [5.41, 5.74) is 1.62. The molecule has 2 aromatic carbocycles. The third-order valence-electron chi connectivity index (χ3n) is 4.64. The first-order valence-electron chi connectivity index (χ1n) is 9.07. The smallest absolute Gasteiger partial charge is 0.256 e. The van der Waals surface area contributed by atoms with Crippen molar-refractivity contribution in [2.75, 3.05) is 25.6 Å². The van der Waals surface area contributed by atoms with Gasteiger partial charge in [-0.1, -0.05) is 18.2 Å². The van der Waals surface area contributed by atoms with Crippen molar-refractivity contribution < 1.29 is 22.7 Å². The summed E-state index contributed by atoms with van der Waals surface area (Å²) in [5, 5.41) is 2.75. The van der Waals surface area contributed by atoms with Gasteiger partial charge in [-0.25, -0.2) is 13.1 Å². The molecule has 3 rings (SSSR count). The zero-order chi connectivity index (χ0) is 20.1. The monoisotopic (exact) mass is 404 g/mol. The lowest BCUT2D eigenvalue weighted by Gasteiger charge is -2.15. The first kappa shape index (κ1) is 20.3. The molecule has 1 aliphatic rings. The van der Waals surface area contributed by atoms with Crippen molar-refractivity contribution in [2.24, 2.45) is 0 Å². The Bertz CT molecular complexity index is 953. The van der Waals surface area contributed by atoms with Gasteiger partial charge in [0.2, 0.25) is 10.0 Å². The Labute approximate surface area is 165 Å². The summed E-state index contributed by atoms with van der Waals surface area (Å²) in [6, 6.07) is 11.5. The molecule has 0 radical (unpaired) electrons. The molecule has 1 fully saturated rings. The second-order valence-electron chi connectivity index (χ2n) is 6.62. The van der Waals surface area contributed by atoms with Gasteiger partial charge in [-0.05, 0) is 49.6 Å². The summed E-state index contributed by atoms with van der Waals surface area (Å²) in [6.45, 7) is 2.71. The van der Waals surface area contributed by atoms with Gasteiger partial charge in [0.05, 0.1) is 23.8 Å². The fraction of sp³-hybridized carbons (Fsp3) is 0.350. The van der Waals surface area contributed by atoms with Crippen LogP contribution < -0.4 is 14.8 Å². The van der Waals surface area contributed by atoms with Crippen LogP contribution in [0.1, 0.15) is 28.8 Å². The van der Waals surface area contributed by atoms with Crippen molar-refractivity contribution >= 4 is 21.6 Å². The van der Waals surface area contributed by atoms with Crippen LogP contribution in [0.5, 0.6) is 5.75 Å². The van der Waals surface area contributed by atoms with Crippen LogP contribution in [0, 0.1) is 6.92 Å². The summed E-state index contributed by atoms with van der Waals surface area (Å²) in [7, 11) is -2.28. The van der Waals surface area contributed by atoms with E-state index in [9.17, 15) is 13.2 Å². The molecule has 0 saturated carbocycles. The Balaban J connectivity index is 1.81. The number of aryl methyl sites for hydroxylation is 1. The standard InChI is InChI=1S/C20H24N2O5S/c1-14-6-3-4-8-17(14)20(23)22-18-12-16(9-10-19(18)26-2)28(24,25)21-13-15-7-5-11-27-15/h3-4,6,8-10,12,15,21H,5,7,11,13H2,1-2H3,(H,22,23)/t15-/m1/s1. The molecule has 0 bridgehead atoms. The fourth-order valence-corrected chi connectivity index (χ4v) is 4.15. The molecule has 2 N–H and O–H groups in total. The highest BCUT2D eigenvalue weighted by Gasteiger charge is 2.22. The van der Waals surface area contributed by atoms with Crippen LogP contribution in [0.15, 0.2) is 47.4 Å². The molecule has 1 amide bonds. The van der Waals surface area contributed by atoms with Gasteiger partial charge in [0.25, 0.3) is 5.91 Å². The SMILES string of the molecule is COc1ccc(S(=O)(=O)NC[C@H]2CCCO2)cc1NC(=O)c1ccccc1C. The van der Waals surface area contributed by atoms with Crippen molar-refractivity contribution in [3.63, 3.8) is 0 Å². The van der Waals surface area contributed by atoms with E-state index < -0.39 is 10.0 Å². The van der Waals surface area contributed by atoms with E-state index in [1.54, 1.807) is 12.1 Å². The molecule has 8 heteroatoms. The van der Waals surface area contributed by atoms with Crippen LogP contribution in [0.3, 0.4) is 0 Å². The minimum atomic E-state index is -3.74. The average molecular weight is 404 g/mol. The summed E-state index contributed by atoms with van der Waals surface area (Å²) < 4.78 is 38.6. The molecule has 1 saturated heterocycles. The number of sulfonamides is 1. The van der Waals surface area contributed by atoms with E-state index in [2.05, 4.69) is 10.0 Å². The van der Waals surface area contributed by atoms with Crippen LogP contribution in [0.2, 0.25) is 0 Å². The molecule has 0 spiro atoms. The van der Waals surface area contributed by atoms with Crippen LogP contribution >= 0.6 is 0 Å². The number of carbonyl (C=O) groups excluding carboxylic acids is 1. The highest BCUT2D eigenvalue weighted by Crippen LogP contribution is 2.28. The van der Waals surface area contributed by atoms with Crippen molar-refractivity contribution in [1.82, 2.24) is 4.72 Å². The molecule has 1 aliphatic heterocycles. The molecule has 0 unspecified atom stereocenters. The first-order chi connectivity index (χ1) is 13.4. The van der Waals surface area contributed by atoms with Gasteiger partial charge in [-0.2, -0.15) is 0 Å². The lowest BCUT2D eigenvalue weighted by Crippen LogP contribution is -2.31. The zero-order valence-corrected chi connectivity index (χ0v) is 16.7. The van der Waals surface area contributed by atoms with Gasteiger partial charge in [0, 0.05) is 18.7 Å². The predicted molar refractivity (Wildman–Crippen MR) is 106 cm³/mol. The quantitative estimate of drug-likeness (QED) is 0.740. The third-order valence-corrected chi connectivity index (χ3v) is 6.07. The number of methoxy groups -OCH3 is 1.